The highest BCUT2D eigenvalue weighted by molar-refractivity contribution is 9.10. The number of benzene rings is 1. The van der Waals surface area contributed by atoms with Gasteiger partial charge in [-0.15, -0.1) is 0 Å². The van der Waals surface area contributed by atoms with E-state index in [1.807, 2.05) is 48.5 Å². The first-order valence-electron chi connectivity index (χ1n) is 16.8. The Bertz CT molecular complexity index is 1590. The lowest BCUT2D eigenvalue weighted by Crippen LogP contribution is -2.34. The topological polar surface area (TPSA) is 85.0 Å². The van der Waals surface area contributed by atoms with Gasteiger partial charge in [0, 0.05) is 58.2 Å². The maximum absolute atomic E-state index is 10.7. The molecule has 1 saturated carbocycles. The monoisotopic (exact) mass is 736 g/mol. The molecule has 1 radical (unpaired) electrons. The molecule has 3 heterocycles. The summed E-state index contributed by atoms with van der Waals surface area (Å²) in [4.78, 5) is 12.2. The Balaban J connectivity index is 1.55. The molecule has 3 aromatic heterocycles. The van der Waals surface area contributed by atoms with Gasteiger partial charge >= 0.3 is 0 Å². The number of rotatable bonds is 14. The Labute approximate surface area is 291 Å². The molecule has 0 unspecified atom stereocenters. The van der Waals surface area contributed by atoms with E-state index in [2.05, 4.69) is 84.4 Å². The summed E-state index contributed by atoms with van der Waals surface area (Å²) in [6.07, 6.45) is 8.08. The van der Waals surface area contributed by atoms with Crippen molar-refractivity contribution >= 4 is 43.5 Å². The van der Waals surface area contributed by atoms with Crippen LogP contribution in [-0.2, 0) is 9.47 Å². The number of aliphatic hydroxyl groups is 1. The van der Waals surface area contributed by atoms with Crippen molar-refractivity contribution in [2.75, 3.05) is 31.6 Å². The van der Waals surface area contributed by atoms with Gasteiger partial charge in [0.25, 0.3) is 0 Å². The number of ether oxygens (including phenoxy) is 2. The second-order valence-corrected chi connectivity index (χ2v) is 27.5. The lowest BCUT2D eigenvalue weighted by atomic mass is 9.78. The Morgan fingerprint density at radius 2 is 1.60 bits per heavy atom. The number of hydrogen-bond donors (Lipinski definition) is 1. The standard InChI is InChI=1S/C36H51BrN5O3Si2/c1-36(43)17-15-28(16-18-36)33-32(37)35(41(25-44-19-21-46(2,3)4)26-45-20-22-47(5,6)7)42-34(40-33)30(24-39-42)29-13-14-31(38-23-29)27-11-9-8-10-12-27/h8-14,17,23-24,28,43H,15-16,18-22,25-26H2,1-7H3/t28-,36-/m1/s1. The van der Waals surface area contributed by atoms with Gasteiger partial charge in [-0.25, -0.2) is 4.98 Å². The minimum Gasteiger partial charge on any atom is -0.390 e. The predicted octanol–water partition coefficient (Wildman–Crippen LogP) is 8.87. The summed E-state index contributed by atoms with van der Waals surface area (Å²) in [5, 5.41) is 15.6. The third kappa shape index (κ3) is 9.60. The summed E-state index contributed by atoms with van der Waals surface area (Å²) < 4.78 is 15.5. The van der Waals surface area contributed by atoms with Crippen LogP contribution in [0.25, 0.3) is 28.0 Å². The van der Waals surface area contributed by atoms with E-state index in [1.165, 1.54) is 0 Å². The van der Waals surface area contributed by atoms with Crippen molar-refractivity contribution in [3.05, 3.63) is 71.4 Å². The molecule has 1 fully saturated rings. The lowest BCUT2D eigenvalue weighted by Gasteiger charge is -2.34. The summed E-state index contributed by atoms with van der Waals surface area (Å²) in [6, 6.07) is 16.5. The van der Waals surface area contributed by atoms with Crippen LogP contribution in [0, 0.1) is 6.42 Å². The maximum atomic E-state index is 10.7. The third-order valence-electron chi connectivity index (χ3n) is 8.75. The van der Waals surface area contributed by atoms with Gasteiger partial charge in [-0.1, -0.05) is 75.7 Å². The van der Waals surface area contributed by atoms with Crippen LogP contribution in [0.4, 0.5) is 5.82 Å². The second-order valence-electron chi connectivity index (χ2n) is 15.5. The molecular formula is C36H51BrN5O3Si2. The Morgan fingerprint density at radius 1 is 0.936 bits per heavy atom. The number of hydrogen-bond acceptors (Lipinski definition) is 7. The fraction of sp³-hybridized carbons (Fsp3) is 0.500. The molecule has 47 heavy (non-hydrogen) atoms. The number of halogens is 1. The van der Waals surface area contributed by atoms with Gasteiger partial charge in [0.1, 0.15) is 13.5 Å². The number of aromatic nitrogens is 4. The van der Waals surface area contributed by atoms with Crippen LogP contribution < -0.4 is 4.90 Å². The third-order valence-corrected chi connectivity index (χ3v) is 12.9. The summed E-state index contributed by atoms with van der Waals surface area (Å²) in [5.41, 5.74) is 4.83. The van der Waals surface area contributed by atoms with Gasteiger partial charge < -0.3 is 19.5 Å². The summed E-state index contributed by atoms with van der Waals surface area (Å²) in [6.45, 7) is 18.3. The molecule has 1 aromatic carbocycles. The molecule has 0 bridgehead atoms. The van der Waals surface area contributed by atoms with E-state index in [-0.39, 0.29) is 5.92 Å². The van der Waals surface area contributed by atoms with E-state index < -0.39 is 21.7 Å². The van der Waals surface area contributed by atoms with Crippen LogP contribution >= 0.6 is 15.9 Å². The highest BCUT2D eigenvalue weighted by atomic mass is 79.9. The molecule has 253 valence electrons. The fourth-order valence-corrected chi connectivity index (χ4v) is 8.00. The predicted molar refractivity (Wildman–Crippen MR) is 201 cm³/mol. The second kappa shape index (κ2) is 15.0. The van der Waals surface area contributed by atoms with Gasteiger partial charge in [0.2, 0.25) is 0 Å². The first kappa shape index (κ1) is 35.9. The van der Waals surface area contributed by atoms with Gasteiger partial charge in [0.05, 0.1) is 27.7 Å². The minimum absolute atomic E-state index is 0.150. The highest BCUT2D eigenvalue weighted by Gasteiger charge is 2.33. The normalized spacial score (nSPS) is 19.0. The summed E-state index contributed by atoms with van der Waals surface area (Å²) >= 11 is 4.00. The molecule has 1 aliphatic carbocycles. The Kier molecular flexibility index (Phi) is 11.5. The molecule has 1 aliphatic rings. The van der Waals surface area contributed by atoms with Gasteiger partial charge in [-0.2, -0.15) is 9.61 Å². The number of nitrogens with zero attached hydrogens (tertiary/aromatic N) is 5. The molecule has 0 saturated heterocycles. The first-order valence-corrected chi connectivity index (χ1v) is 25.0. The quantitative estimate of drug-likeness (QED) is 0.0787. The van der Waals surface area contributed by atoms with Crippen LogP contribution in [-0.4, -0.2) is 73.1 Å². The zero-order valence-electron chi connectivity index (χ0n) is 29.1. The Hall–Kier alpha value is -2.42. The number of anilines is 1. The maximum Gasteiger partial charge on any atom is 0.165 e. The molecule has 4 aromatic rings. The zero-order valence-corrected chi connectivity index (χ0v) is 32.7. The molecule has 0 aliphatic heterocycles. The Morgan fingerprint density at radius 3 is 2.15 bits per heavy atom. The average molecular weight is 738 g/mol. The van der Waals surface area contributed by atoms with Crippen molar-refractivity contribution in [1.29, 1.82) is 0 Å². The van der Waals surface area contributed by atoms with Crippen LogP contribution in [0.1, 0.15) is 37.8 Å². The lowest BCUT2D eigenvalue weighted by molar-refractivity contribution is 0.0611. The molecule has 0 amide bonds. The largest absolute Gasteiger partial charge is 0.390 e. The van der Waals surface area contributed by atoms with Gasteiger partial charge in [0.15, 0.2) is 11.5 Å². The zero-order chi connectivity index (χ0) is 33.8. The van der Waals surface area contributed by atoms with Crippen LogP contribution in [0.3, 0.4) is 0 Å². The van der Waals surface area contributed by atoms with Crippen molar-refractivity contribution in [3.8, 4) is 22.4 Å². The highest BCUT2D eigenvalue weighted by Crippen LogP contribution is 2.43. The number of fused-ring (bicyclic) bond motifs is 1. The fourth-order valence-electron chi connectivity index (χ4n) is 5.65. The van der Waals surface area contributed by atoms with Crippen molar-refractivity contribution in [2.24, 2.45) is 0 Å². The molecule has 8 nitrogen and oxygen atoms in total. The number of pyridine rings is 1. The van der Waals surface area contributed by atoms with Crippen molar-refractivity contribution in [2.45, 2.75) is 89.1 Å². The van der Waals surface area contributed by atoms with Gasteiger partial charge in [-0.05, 0) is 66.7 Å². The van der Waals surface area contributed by atoms with E-state index in [9.17, 15) is 5.11 Å². The van der Waals surface area contributed by atoms with Crippen molar-refractivity contribution < 1.29 is 14.6 Å². The van der Waals surface area contributed by atoms with E-state index in [0.717, 1.165) is 68.9 Å². The van der Waals surface area contributed by atoms with Crippen LogP contribution in [0.2, 0.25) is 51.4 Å². The van der Waals surface area contributed by atoms with Gasteiger partial charge in [-0.3, -0.25) is 4.98 Å². The molecule has 1 N–H and O–H groups in total. The molecule has 5 rings (SSSR count). The van der Waals surface area contributed by atoms with E-state index >= 15 is 0 Å². The van der Waals surface area contributed by atoms with E-state index in [4.69, 9.17) is 24.5 Å². The smallest absolute Gasteiger partial charge is 0.165 e. The minimum atomic E-state index is -1.26. The van der Waals surface area contributed by atoms with Crippen LogP contribution in [0.5, 0.6) is 0 Å². The van der Waals surface area contributed by atoms with Crippen molar-refractivity contribution in [3.63, 3.8) is 0 Å². The SMILES string of the molecule is C[C@@]1(O)[CH]C[C@@H](c2nc3c(-c4ccc(-c5ccccc5)nc4)cnn3c(N(COCC[Si](C)(C)C)COCC[Si](C)(C)C)c2Br)CC1. The average Bonchev–Trinajstić information content (AvgIpc) is 3.43. The first-order chi connectivity index (χ1) is 22.2. The van der Waals surface area contributed by atoms with Crippen molar-refractivity contribution in [1.82, 2.24) is 19.6 Å². The van der Waals surface area contributed by atoms with Crippen LogP contribution in [0.15, 0.2) is 59.3 Å². The molecule has 2 atom stereocenters. The molecular weight excluding hydrogens is 687 g/mol. The molecule has 11 heteroatoms. The molecule has 0 spiro atoms. The summed E-state index contributed by atoms with van der Waals surface area (Å²) in [5.74, 6) is 1.01. The summed E-state index contributed by atoms with van der Waals surface area (Å²) in [7, 11) is -2.51. The van der Waals surface area contributed by atoms with E-state index in [1.54, 1.807) is 0 Å². The van der Waals surface area contributed by atoms with E-state index in [0.29, 0.717) is 33.1 Å².